The average Bonchev–Trinajstić information content (AvgIpc) is 2.36. The van der Waals surface area contributed by atoms with E-state index < -0.39 is 9.84 Å². The molecule has 1 aliphatic heterocycles. The maximum atomic E-state index is 13.4. The van der Waals surface area contributed by atoms with Crippen molar-refractivity contribution in [1.82, 2.24) is 10.3 Å². The van der Waals surface area contributed by atoms with Gasteiger partial charge in [-0.05, 0) is 19.5 Å². The van der Waals surface area contributed by atoms with E-state index in [-0.39, 0.29) is 23.4 Å². The molecule has 0 aromatic carbocycles. The predicted molar refractivity (Wildman–Crippen MR) is 77.0 cm³/mol. The van der Waals surface area contributed by atoms with E-state index in [9.17, 15) is 12.8 Å². The number of aromatic nitrogens is 1. The fourth-order valence-electron chi connectivity index (χ4n) is 2.44. The average molecular weight is 301 g/mol. The molecule has 2 rings (SSSR count). The Balaban J connectivity index is 2.27. The molecule has 0 aliphatic carbocycles. The maximum Gasteiger partial charge on any atom is 0.154 e. The summed E-state index contributed by atoms with van der Waals surface area (Å²) in [6.45, 7) is 5.54. The minimum absolute atomic E-state index is 0.118. The first kappa shape index (κ1) is 15.2. The van der Waals surface area contributed by atoms with Gasteiger partial charge in [0.15, 0.2) is 9.84 Å². The molecular formula is C13H20FN3O2S. The third-order valence-electron chi connectivity index (χ3n) is 3.42. The Labute approximate surface area is 119 Å². The second-order valence-electron chi connectivity index (χ2n) is 5.07. The highest BCUT2D eigenvalue weighted by atomic mass is 32.2. The molecule has 2 heterocycles. The third-order valence-corrected chi connectivity index (χ3v) is 5.21. The van der Waals surface area contributed by atoms with Crippen molar-refractivity contribution in [2.75, 3.05) is 29.5 Å². The van der Waals surface area contributed by atoms with Crippen molar-refractivity contribution >= 4 is 15.7 Å². The normalized spacial score (nSPS) is 21.9. The Morgan fingerprint density at radius 1 is 1.55 bits per heavy atom. The quantitative estimate of drug-likeness (QED) is 0.897. The van der Waals surface area contributed by atoms with Crippen molar-refractivity contribution in [3.05, 3.63) is 23.6 Å². The van der Waals surface area contributed by atoms with Gasteiger partial charge in [0.05, 0.1) is 17.7 Å². The SMILES string of the molecule is CCNCc1cc(F)cnc1N1CCS(=O)(=O)CC1C. The van der Waals surface area contributed by atoms with Crippen molar-refractivity contribution in [3.8, 4) is 0 Å². The number of anilines is 1. The lowest BCUT2D eigenvalue weighted by atomic mass is 10.2. The summed E-state index contributed by atoms with van der Waals surface area (Å²) >= 11 is 0. The van der Waals surface area contributed by atoms with Gasteiger partial charge in [0.25, 0.3) is 0 Å². The number of pyridine rings is 1. The molecule has 112 valence electrons. The maximum absolute atomic E-state index is 13.4. The Bertz CT molecular complexity index is 577. The Kier molecular flexibility index (Phi) is 4.59. The van der Waals surface area contributed by atoms with Crippen molar-refractivity contribution in [3.63, 3.8) is 0 Å². The van der Waals surface area contributed by atoms with E-state index in [1.807, 2.05) is 18.7 Å². The van der Waals surface area contributed by atoms with Crippen LogP contribution in [0.1, 0.15) is 19.4 Å². The smallest absolute Gasteiger partial charge is 0.154 e. The third kappa shape index (κ3) is 3.46. The van der Waals surface area contributed by atoms with Crippen LogP contribution in [0.2, 0.25) is 0 Å². The van der Waals surface area contributed by atoms with Crippen molar-refractivity contribution in [2.24, 2.45) is 0 Å². The topological polar surface area (TPSA) is 62.3 Å². The lowest BCUT2D eigenvalue weighted by Crippen LogP contribution is -2.47. The highest BCUT2D eigenvalue weighted by Crippen LogP contribution is 2.24. The van der Waals surface area contributed by atoms with E-state index in [1.54, 1.807) is 0 Å². The van der Waals surface area contributed by atoms with Gasteiger partial charge in [-0.3, -0.25) is 0 Å². The lowest BCUT2D eigenvalue weighted by Gasteiger charge is -2.35. The lowest BCUT2D eigenvalue weighted by molar-refractivity contribution is 0.563. The first-order chi connectivity index (χ1) is 9.43. The first-order valence-electron chi connectivity index (χ1n) is 6.75. The van der Waals surface area contributed by atoms with Crippen LogP contribution in [0, 0.1) is 5.82 Å². The van der Waals surface area contributed by atoms with Crippen LogP contribution >= 0.6 is 0 Å². The van der Waals surface area contributed by atoms with Crippen molar-refractivity contribution in [1.29, 1.82) is 0 Å². The number of hydrogen-bond acceptors (Lipinski definition) is 5. The van der Waals surface area contributed by atoms with Gasteiger partial charge in [0, 0.05) is 24.7 Å². The van der Waals surface area contributed by atoms with Crippen LogP contribution in [-0.2, 0) is 16.4 Å². The van der Waals surface area contributed by atoms with Crippen LogP contribution in [0.5, 0.6) is 0 Å². The van der Waals surface area contributed by atoms with E-state index in [0.29, 0.717) is 18.9 Å². The first-order valence-corrected chi connectivity index (χ1v) is 8.57. The second kappa shape index (κ2) is 6.05. The molecule has 0 saturated carbocycles. The van der Waals surface area contributed by atoms with E-state index >= 15 is 0 Å². The van der Waals surface area contributed by atoms with E-state index in [0.717, 1.165) is 12.1 Å². The number of sulfone groups is 1. The number of nitrogens with zero attached hydrogens (tertiary/aromatic N) is 2. The number of nitrogens with one attached hydrogen (secondary N) is 1. The molecule has 1 unspecified atom stereocenters. The summed E-state index contributed by atoms with van der Waals surface area (Å²) in [5.74, 6) is 0.540. The van der Waals surface area contributed by atoms with Crippen LogP contribution < -0.4 is 10.2 Å². The van der Waals surface area contributed by atoms with Gasteiger partial charge in [-0.25, -0.2) is 17.8 Å². The molecule has 0 amide bonds. The Morgan fingerprint density at radius 2 is 2.30 bits per heavy atom. The molecule has 20 heavy (non-hydrogen) atoms. The zero-order valence-corrected chi connectivity index (χ0v) is 12.6. The van der Waals surface area contributed by atoms with Crippen LogP contribution in [0.4, 0.5) is 10.2 Å². The van der Waals surface area contributed by atoms with Crippen LogP contribution in [0.25, 0.3) is 0 Å². The summed E-state index contributed by atoms with van der Waals surface area (Å²) in [5, 5.41) is 3.15. The van der Waals surface area contributed by atoms with Gasteiger partial charge in [-0.15, -0.1) is 0 Å². The molecule has 0 spiro atoms. The molecule has 1 saturated heterocycles. The van der Waals surface area contributed by atoms with E-state index in [4.69, 9.17) is 0 Å². The second-order valence-corrected chi connectivity index (χ2v) is 7.30. The van der Waals surface area contributed by atoms with Gasteiger partial charge in [-0.1, -0.05) is 6.92 Å². The number of rotatable bonds is 4. The van der Waals surface area contributed by atoms with E-state index in [2.05, 4.69) is 10.3 Å². The standard InChI is InChI=1S/C13H20FN3O2S/c1-3-15-7-11-6-12(14)8-16-13(11)17-4-5-20(18,19)9-10(17)2/h6,8,10,15H,3-5,7,9H2,1-2H3. The van der Waals surface area contributed by atoms with E-state index in [1.165, 1.54) is 12.3 Å². The van der Waals surface area contributed by atoms with Gasteiger partial charge < -0.3 is 10.2 Å². The summed E-state index contributed by atoms with van der Waals surface area (Å²) in [7, 11) is -2.97. The summed E-state index contributed by atoms with van der Waals surface area (Å²) in [5.41, 5.74) is 0.762. The molecule has 7 heteroatoms. The molecule has 1 aliphatic rings. The van der Waals surface area contributed by atoms with Crippen LogP contribution in [0.3, 0.4) is 0 Å². The molecule has 1 aromatic heterocycles. The molecule has 5 nitrogen and oxygen atoms in total. The molecule has 1 fully saturated rings. The van der Waals surface area contributed by atoms with Crippen molar-refractivity contribution < 1.29 is 12.8 Å². The van der Waals surface area contributed by atoms with Gasteiger partial charge >= 0.3 is 0 Å². The van der Waals surface area contributed by atoms with Gasteiger partial charge in [0.2, 0.25) is 0 Å². The molecular weight excluding hydrogens is 281 g/mol. The van der Waals surface area contributed by atoms with Gasteiger partial charge in [-0.2, -0.15) is 0 Å². The zero-order chi connectivity index (χ0) is 14.8. The fourth-order valence-corrected chi connectivity index (χ4v) is 3.99. The molecule has 0 bridgehead atoms. The van der Waals surface area contributed by atoms with Crippen molar-refractivity contribution in [2.45, 2.75) is 26.4 Å². The summed E-state index contributed by atoms with van der Waals surface area (Å²) < 4.78 is 36.6. The zero-order valence-electron chi connectivity index (χ0n) is 11.8. The fraction of sp³-hybridized carbons (Fsp3) is 0.615. The number of hydrogen-bond donors (Lipinski definition) is 1. The molecule has 1 aromatic rings. The van der Waals surface area contributed by atoms with Gasteiger partial charge in [0.1, 0.15) is 11.6 Å². The highest BCUT2D eigenvalue weighted by molar-refractivity contribution is 7.91. The monoisotopic (exact) mass is 301 g/mol. The molecule has 1 atom stereocenters. The summed E-state index contributed by atoms with van der Waals surface area (Å²) in [6.07, 6.45) is 1.18. The number of halogens is 1. The molecule has 1 N–H and O–H groups in total. The minimum Gasteiger partial charge on any atom is -0.352 e. The van der Waals surface area contributed by atoms with Crippen LogP contribution in [-0.4, -0.2) is 44.0 Å². The largest absolute Gasteiger partial charge is 0.352 e. The minimum atomic E-state index is -2.97. The predicted octanol–water partition coefficient (Wildman–Crippen LogP) is 0.953. The van der Waals surface area contributed by atoms with Crippen LogP contribution in [0.15, 0.2) is 12.3 Å². The Hall–Kier alpha value is -1.21. The summed E-state index contributed by atoms with van der Waals surface area (Å²) in [6, 6.07) is 1.31. The Morgan fingerprint density at radius 3 is 2.95 bits per heavy atom. The summed E-state index contributed by atoms with van der Waals surface area (Å²) in [4.78, 5) is 6.12. The molecule has 0 radical (unpaired) electrons. The highest BCUT2D eigenvalue weighted by Gasteiger charge is 2.30.